The zero-order chi connectivity index (χ0) is 22.0. The Morgan fingerprint density at radius 1 is 1.06 bits per heavy atom. The minimum absolute atomic E-state index is 0.00289. The molecule has 1 atom stereocenters. The number of ether oxygens (including phenoxy) is 1. The number of rotatable bonds is 4. The van der Waals surface area contributed by atoms with Crippen LogP contribution >= 0.6 is 0 Å². The van der Waals surface area contributed by atoms with Gasteiger partial charge in [0.15, 0.2) is 0 Å². The molecule has 0 radical (unpaired) electrons. The van der Waals surface area contributed by atoms with Crippen LogP contribution in [0.25, 0.3) is 0 Å². The van der Waals surface area contributed by atoms with Crippen LogP contribution in [-0.4, -0.2) is 59.4 Å². The maximum Gasteiger partial charge on any atom is 0.255 e. The summed E-state index contributed by atoms with van der Waals surface area (Å²) in [5.41, 5.74) is 1.35. The highest BCUT2D eigenvalue weighted by molar-refractivity contribution is 5.94. The Balaban J connectivity index is 1.50. The first kappa shape index (κ1) is 21.4. The summed E-state index contributed by atoms with van der Waals surface area (Å²) in [5.74, 6) is -0.363. The molecular weight excluding hydrogens is 397 g/mol. The number of hydrogen-bond acceptors (Lipinski definition) is 4. The third-order valence-electron chi connectivity index (χ3n) is 6.29. The normalized spacial score (nSPS) is 19.5. The summed E-state index contributed by atoms with van der Waals surface area (Å²) in [6.07, 6.45) is 3.33. The lowest BCUT2D eigenvalue weighted by molar-refractivity contribution is -0.137. The maximum absolute atomic E-state index is 13.4. The molecule has 6 nitrogen and oxygen atoms in total. The molecule has 2 aromatic rings. The van der Waals surface area contributed by atoms with Gasteiger partial charge in [0.05, 0.1) is 35.9 Å². The molecule has 0 spiro atoms. The zero-order valence-electron chi connectivity index (χ0n) is 18.0. The molecule has 3 heterocycles. The van der Waals surface area contributed by atoms with E-state index in [9.17, 15) is 14.0 Å². The molecule has 2 amide bonds. The summed E-state index contributed by atoms with van der Waals surface area (Å²) in [6.45, 7) is 6.68. The Hall–Kier alpha value is -2.80. The Morgan fingerprint density at radius 3 is 2.42 bits per heavy atom. The van der Waals surface area contributed by atoms with E-state index in [-0.39, 0.29) is 23.7 Å². The first-order chi connectivity index (χ1) is 14.9. The highest BCUT2D eigenvalue weighted by Gasteiger charge is 2.39. The van der Waals surface area contributed by atoms with Crippen LogP contribution in [0.15, 0.2) is 42.6 Å². The van der Waals surface area contributed by atoms with E-state index in [1.807, 2.05) is 24.8 Å². The number of carbonyl (C=O) groups is 2. The molecule has 31 heavy (non-hydrogen) atoms. The molecule has 0 aliphatic carbocycles. The SMILES string of the molecule is CC(C)(C(=O)N1CCC[C@@H]1c1ccc(C(=O)N2CCOCC2)cn1)c1ccc(F)cc1. The number of morpholine rings is 1. The third kappa shape index (κ3) is 4.32. The fourth-order valence-electron chi connectivity index (χ4n) is 4.34. The van der Waals surface area contributed by atoms with Crippen LogP contribution in [-0.2, 0) is 14.9 Å². The van der Waals surface area contributed by atoms with E-state index in [2.05, 4.69) is 4.98 Å². The van der Waals surface area contributed by atoms with Crippen molar-refractivity contribution in [2.75, 3.05) is 32.8 Å². The molecule has 0 saturated carbocycles. The number of halogens is 1. The van der Waals surface area contributed by atoms with E-state index in [0.717, 1.165) is 24.1 Å². The second kappa shape index (κ2) is 8.75. The van der Waals surface area contributed by atoms with Crippen LogP contribution in [0.3, 0.4) is 0 Å². The molecule has 0 unspecified atom stereocenters. The third-order valence-corrected chi connectivity index (χ3v) is 6.29. The Labute approximate surface area is 182 Å². The van der Waals surface area contributed by atoms with Gasteiger partial charge < -0.3 is 14.5 Å². The van der Waals surface area contributed by atoms with Crippen LogP contribution in [0, 0.1) is 5.82 Å². The number of aromatic nitrogens is 1. The molecule has 2 aliphatic rings. The predicted octanol–water partition coefficient (Wildman–Crippen LogP) is 3.33. The van der Waals surface area contributed by atoms with Crippen molar-refractivity contribution in [1.29, 1.82) is 0 Å². The molecule has 1 aromatic carbocycles. The molecule has 0 N–H and O–H groups in total. The number of hydrogen-bond donors (Lipinski definition) is 0. The first-order valence-electron chi connectivity index (χ1n) is 10.8. The van der Waals surface area contributed by atoms with Gasteiger partial charge in [-0.2, -0.15) is 0 Å². The second-order valence-electron chi connectivity index (χ2n) is 8.66. The Morgan fingerprint density at radius 2 is 1.77 bits per heavy atom. The quantitative estimate of drug-likeness (QED) is 0.754. The number of amides is 2. The van der Waals surface area contributed by atoms with Crippen molar-refractivity contribution in [3.05, 3.63) is 65.2 Å². The molecular formula is C24H28FN3O3. The van der Waals surface area contributed by atoms with Crippen molar-refractivity contribution in [3.8, 4) is 0 Å². The Kier molecular flexibility index (Phi) is 6.05. The van der Waals surface area contributed by atoms with Gasteiger partial charge in [0, 0.05) is 25.8 Å². The average Bonchev–Trinajstić information content (AvgIpc) is 3.29. The summed E-state index contributed by atoms with van der Waals surface area (Å²) in [6, 6.07) is 9.64. The van der Waals surface area contributed by atoms with E-state index in [0.29, 0.717) is 38.4 Å². The summed E-state index contributed by atoms with van der Waals surface area (Å²) < 4.78 is 18.6. The fraction of sp³-hybridized carbons (Fsp3) is 0.458. The van der Waals surface area contributed by atoms with Crippen molar-refractivity contribution >= 4 is 11.8 Å². The van der Waals surface area contributed by atoms with E-state index < -0.39 is 5.41 Å². The number of carbonyl (C=O) groups excluding carboxylic acids is 2. The van der Waals surface area contributed by atoms with Gasteiger partial charge in [0.1, 0.15) is 5.82 Å². The lowest BCUT2D eigenvalue weighted by Gasteiger charge is -2.33. The van der Waals surface area contributed by atoms with Crippen molar-refractivity contribution < 1.29 is 18.7 Å². The van der Waals surface area contributed by atoms with Gasteiger partial charge in [-0.05, 0) is 56.5 Å². The topological polar surface area (TPSA) is 62.7 Å². The van der Waals surface area contributed by atoms with Gasteiger partial charge in [0.25, 0.3) is 5.91 Å². The highest BCUT2D eigenvalue weighted by Crippen LogP contribution is 2.36. The number of nitrogens with zero attached hydrogens (tertiary/aromatic N) is 3. The fourth-order valence-corrected chi connectivity index (χ4v) is 4.34. The largest absolute Gasteiger partial charge is 0.378 e. The number of pyridine rings is 1. The molecule has 7 heteroatoms. The van der Waals surface area contributed by atoms with Crippen molar-refractivity contribution in [2.24, 2.45) is 0 Å². The van der Waals surface area contributed by atoms with Gasteiger partial charge in [-0.1, -0.05) is 12.1 Å². The van der Waals surface area contributed by atoms with Crippen molar-refractivity contribution in [2.45, 2.75) is 38.1 Å². The minimum Gasteiger partial charge on any atom is -0.378 e. The van der Waals surface area contributed by atoms with Crippen molar-refractivity contribution in [1.82, 2.24) is 14.8 Å². The van der Waals surface area contributed by atoms with Gasteiger partial charge in [-0.15, -0.1) is 0 Å². The zero-order valence-corrected chi connectivity index (χ0v) is 18.0. The van der Waals surface area contributed by atoms with Crippen molar-refractivity contribution in [3.63, 3.8) is 0 Å². The maximum atomic E-state index is 13.4. The van der Waals surface area contributed by atoms with Crippen LogP contribution in [0.2, 0.25) is 0 Å². The minimum atomic E-state index is -0.775. The summed E-state index contributed by atoms with van der Waals surface area (Å²) in [5, 5.41) is 0. The highest BCUT2D eigenvalue weighted by atomic mass is 19.1. The summed E-state index contributed by atoms with van der Waals surface area (Å²) in [7, 11) is 0. The molecule has 2 saturated heterocycles. The lowest BCUT2D eigenvalue weighted by Crippen LogP contribution is -2.43. The van der Waals surface area contributed by atoms with Crippen LogP contribution in [0.4, 0.5) is 4.39 Å². The molecule has 164 valence electrons. The van der Waals surface area contributed by atoms with E-state index in [1.54, 1.807) is 29.3 Å². The average molecular weight is 426 g/mol. The van der Waals surface area contributed by atoms with Crippen LogP contribution in [0.5, 0.6) is 0 Å². The summed E-state index contributed by atoms with van der Waals surface area (Å²) >= 11 is 0. The second-order valence-corrected chi connectivity index (χ2v) is 8.66. The Bertz CT molecular complexity index is 938. The molecule has 0 bridgehead atoms. The monoisotopic (exact) mass is 425 g/mol. The van der Waals surface area contributed by atoms with Gasteiger partial charge in [0.2, 0.25) is 5.91 Å². The van der Waals surface area contributed by atoms with Gasteiger partial charge >= 0.3 is 0 Å². The number of benzene rings is 1. The first-order valence-corrected chi connectivity index (χ1v) is 10.8. The van der Waals surface area contributed by atoms with E-state index in [1.165, 1.54) is 12.1 Å². The van der Waals surface area contributed by atoms with Gasteiger partial charge in [-0.3, -0.25) is 14.6 Å². The smallest absolute Gasteiger partial charge is 0.255 e. The van der Waals surface area contributed by atoms with Crippen LogP contribution < -0.4 is 0 Å². The van der Waals surface area contributed by atoms with E-state index >= 15 is 0 Å². The molecule has 4 rings (SSSR count). The predicted molar refractivity (Wildman–Crippen MR) is 114 cm³/mol. The molecule has 1 aromatic heterocycles. The standard InChI is InChI=1S/C24H28FN3O3/c1-24(2,18-6-8-19(25)9-7-18)23(30)28-11-3-4-21(28)20-10-5-17(16-26-20)22(29)27-12-14-31-15-13-27/h5-10,16,21H,3-4,11-15H2,1-2H3/t21-/m1/s1. The van der Waals surface area contributed by atoms with E-state index in [4.69, 9.17) is 4.74 Å². The molecule has 2 aliphatic heterocycles. The summed E-state index contributed by atoms with van der Waals surface area (Å²) in [4.78, 5) is 34.3. The number of likely N-dealkylation sites (tertiary alicyclic amines) is 1. The molecule has 2 fully saturated rings. The lowest BCUT2D eigenvalue weighted by atomic mass is 9.83. The van der Waals surface area contributed by atoms with Crippen LogP contribution in [0.1, 0.15) is 54.3 Å². The van der Waals surface area contributed by atoms with Gasteiger partial charge in [-0.25, -0.2) is 4.39 Å².